The molecule has 0 heterocycles. The summed E-state index contributed by atoms with van der Waals surface area (Å²) in [5.74, 6) is 0.00578. The molecule has 1 aromatic rings. The molecule has 18 heavy (non-hydrogen) atoms. The van der Waals surface area contributed by atoms with Crippen LogP contribution < -0.4 is 9.47 Å². The molecule has 0 aliphatic rings. The predicted octanol–water partition coefficient (Wildman–Crippen LogP) is 1.96. The average Bonchev–Trinajstić information content (AvgIpc) is 2.42. The summed E-state index contributed by atoms with van der Waals surface area (Å²) in [7, 11) is 2.96. The number of hydrogen-bond acceptors (Lipinski definition) is 6. The first kappa shape index (κ1) is 14.6. The second-order valence-electron chi connectivity index (χ2n) is 3.12. The van der Waals surface area contributed by atoms with E-state index in [0.717, 1.165) is 0 Å². The van der Waals surface area contributed by atoms with Crippen LogP contribution in [0.25, 0.3) is 0 Å². The highest BCUT2D eigenvalue weighted by atomic mass is 35.5. The summed E-state index contributed by atoms with van der Waals surface area (Å²) in [6, 6.07) is 4.56. The van der Waals surface area contributed by atoms with E-state index in [-0.39, 0.29) is 24.9 Å². The molecule has 0 N–H and O–H groups in total. The molecular formula is C11H13ClO6. The van der Waals surface area contributed by atoms with Crippen LogP contribution in [0.4, 0.5) is 0 Å². The maximum atomic E-state index is 11.4. The number of carbonyl (C=O) groups excluding carboxylic acids is 1. The van der Waals surface area contributed by atoms with Crippen LogP contribution in [0, 0.1) is 0 Å². The number of halogens is 1. The molecule has 0 amide bonds. The lowest BCUT2D eigenvalue weighted by molar-refractivity contribution is 0.0448. The van der Waals surface area contributed by atoms with Gasteiger partial charge < -0.3 is 23.2 Å². The van der Waals surface area contributed by atoms with E-state index < -0.39 is 5.97 Å². The van der Waals surface area contributed by atoms with Crippen LogP contribution in [-0.2, 0) is 13.8 Å². The minimum atomic E-state index is -0.721. The SMILES string of the molecule is COCOc1ccc(C(=O)OCl)c(OCOC)c1. The Labute approximate surface area is 109 Å². The van der Waals surface area contributed by atoms with Crippen LogP contribution in [-0.4, -0.2) is 33.8 Å². The summed E-state index contributed by atoms with van der Waals surface area (Å²) < 4.78 is 24.1. The molecule has 6 nitrogen and oxygen atoms in total. The summed E-state index contributed by atoms with van der Waals surface area (Å²) >= 11 is 5.03. The van der Waals surface area contributed by atoms with Gasteiger partial charge >= 0.3 is 5.97 Å². The van der Waals surface area contributed by atoms with E-state index in [1.54, 1.807) is 6.07 Å². The highest BCUT2D eigenvalue weighted by Gasteiger charge is 2.15. The molecule has 1 aromatic carbocycles. The van der Waals surface area contributed by atoms with Crippen molar-refractivity contribution in [3.8, 4) is 11.5 Å². The van der Waals surface area contributed by atoms with Crippen molar-refractivity contribution in [2.45, 2.75) is 0 Å². The largest absolute Gasteiger partial charge is 0.467 e. The van der Waals surface area contributed by atoms with E-state index in [2.05, 4.69) is 4.29 Å². The van der Waals surface area contributed by atoms with Crippen LogP contribution in [0.3, 0.4) is 0 Å². The van der Waals surface area contributed by atoms with Gasteiger partial charge in [-0.3, -0.25) is 0 Å². The zero-order valence-electron chi connectivity index (χ0n) is 9.97. The molecule has 7 heteroatoms. The molecule has 0 aliphatic heterocycles. The van der Waals surface area contributed by atoms with Crippen LogP contribution in [0.5, 0.6) is 11.5 Å². The van der Waals surface area contributed by atoms with Gasteiger partial charge in [0.1, 0.15) is 28.9 Å². The van der Waals surface area contributed by atoms with E-state index in [9.17, 15) is 4.79 Å². The molecule has 0 unspecified atom stereocenters. The number of carbonyl (C=O) groups is 1. The van der Waals surface area contributed by atoms with Gasteiger partial charge in [0.2, 0.25) is 0 Å². The molecule has 0 atom stereocenters. The first-order chi connectivity index (χ1) is 8.72. The lowest BCUT2D eigenvalue weighted by Crippen LogP contribution is -2.07. The van der Waals surface area contributed by atoms with Crippen molar-refractivity contribution in [1.82, 2.24) is 0 Å². The molecular weight excluding hydrogens is 264 g/mol. The van der Waals surface area contributed by atoms with Gasteiger partial charge in [-0.05, 0) is 12.1 Å². The van der Waals surface area contributed by atoms with Crippen LogP contribution in [0.15, 0.2) is 18.2 Å². The zero-order chi connectivity index (χ0) is 13.4. The lowest BCUT2D eigenvalue weighted by Gasteiger charge is -2.11. The van der Waals surface area contributed by atoms with Crippen molar-refractivity contribution in [2.75, 3.05) is 27.8 Å². The van der Waals surface area contributed by atoms with Crippen molar-refractivity contribution in [2.24, 2.45) is 0 Å². The molecule has 1 rings (SSSR count). The summed E-state index contributed by atoms with van der Waals surface area (Å²) in [6.07, 6.45) is 0. The van der Waals surface area contributed by atoms with Gasteiger partial charge in [0.25, 0.3) is 0 Å². The van der Waals surface area contributed by atoms with E-state index in [1.807, 2.05) is 0 Å². The van der Waals surface area contributed by atoms with E-state index in [4.69, 9.17) is 30.8 Å². The highest BCUT2D eigenvalue weighted by molar-refractivity contribution is 6.16. The minimum Gasteiger partial charge on any atom is -0.467 e. The Morgan fingerprint density at radius 3 is 2.44 bits per heavy atom. The molecule has 0 aromatic heterocycles. The second-order valence-corrected chi connectivity index (χ2v) is 3.28. The van der Waals surface area contributed by atoms with Gasteiger partial charge in [-0.2, -0.15) is 0 Å². The predicted molar refractivity (Wildman–Crippen MR) is 62.7 cm³/mol. The van der Waals surface area contributed by atoms with Crippen LogP contribution >= 0.6 is 11.9 Å². The van der Waals surface area contributed by atoms with Crippen molar-refractivity contribution in [1.29, 1.82) is 0 Å². The Hall–Kier alpha value is -1.50. The third kappa shape index (κ3) is 4.06. The Kier molecular flexibility index (Phi) is 6.27. The van der Waals surface area contributed by atoms with Crippen molar-refractivity contribution in [3.05, 3.63) is 23.8 Å². The maximum absolute atomic E-state index is 11.4. The fourth-order valence-corrected chi connectivity index (χ4v) is 1.25. The quantitative estimate of drug-likeness (QED) is 0.710. The van der Waals surface area contributed by atoms with Crippen molar-refractivity contribution >= 4 is 17.8 Å². The number of ether oxygens (including phenoxy) is 4. The number of rotatable bonds is 7. The molecule has 0 spiro atoms. The van der Waals surface area contributed by atoms with Gasteiger partial charge in [0.05, 0.1) is 0 Å². The first-order valence-corrected chi connectivity index (χ1v) is 5.24. The lowest BCUT2D eigenvalue weighted by atomic mass is 10.2. The number of benzene rings is 1. The van der Waals surface area contributed by atoms with Gasteiger partial charge in [-0.25, -0.2) is 4.79 Å². The van der Waals surface area contributed by atoms with E-state index in [0.29, 0.717) is 5.75 Å². The zero-order valence-corrected chi connectivity index (χ0v) is 10.7. The Bertz CT molecular complexity index is 395. The minimum absolute atomic E-state index is 0.0176. The topological polar surface area (TPSA) is 63.2 Å². The van der Waals surface area contributed by atoms with Gasteiger partial charge in [0, 0.05) is 20.3 Å². The molecule has 0 aliphatic carbocycles. The summed E-state index contributed by atoms with van der Waals surface area (Å²) in [5, 5.41) is 0. The number of hydrogen-bond donors (Lipinski definition) is 0. The monoisotopic (exact) mass is 276 g/mol. The highest BCUT2D eigenvalue weighted by Crippen LogP contribution is 2.26. The summed E-state index contributed by atoms with van der Waals surface area (Å²) in [4.78, 5) is 11.4. The molecule has 0 fully saturated rings. The van der Waals surface area contributed by atoms with Gasteiger partial charge in [0.15, 0.2) is 13.6 Å². The van der Waals surface area contributed by atoms with E-state index in [1.165, 1.54) is 26.4 Å². The first-order valence-electron chi connectivity index (χ1n) is 4.93. The van der Waals surface area contributed by atoms with Gasteiger partial charge in [-0.15, -0.1) is 0 Å². The normalized spacial score (nSPS) is 9.94. The standard InChI is InChI=1S/C11H13ClO6/c1-14-6-16-8-3-4-9(11(13)18-12)10(5-8)17-7-15-2/h3-5H,6-7H2,1-2H3. The molecule has 0 bridgehead atoms. The number of methoxy groups -OCH3 is 2. The van der Waals surface area contributed by atoms with E-state index >= 15 is 0 Å². The third-order valence-electron chi connectivity index (χ3n) is 1.92. The average molecular weight is 277 g/mol. The van der Waals surface area contributed by atoms with Crippen LogP contribution in [0.2, 0.25) is 0 Å². The summed E-state index contributed by atoms with van der Waals surface area (Å²) in [5.41, 5.74) is 0.173. The van der Waals surface area contributed by atoms with Crippen molar-refractivity contribution < 1.29 is 28.0 Å². The maximum Gasteiger partial charge on any atom is 0.360 e. The Morgan fingerprint density at radius 1 is 1.17 bits per heavy atom. The van der Waals surface area contributed by atoms with Crippen molar-refractivity contribution in [3.63, 3.8) is 0 Å². The third-order valence-corrected chi connectivity index (χ3v) is 2.06. The molecule has 0 saturated heterocycles. The fraction of sp³-hybridized carbons (Fsp3) is 0.364. The molecule has 0 radical (unpaired) electrons. The Balaban J connectivity index is 2.92. The molecule has 100 valence electrons. The van der Waals surface area contributed by atoms with Crippen LogP contribution in [0.1, 0.15) is 10.4 Å². The second kappa shape index (κ2) is 7.75. The van der Waals surface area contributed by atoms with Gasteiger partial charge in [-0.1, -0.05) is 0 Å². The Morgan fingerprint density at radius 2 is 1.83 bits per heavy atom. The fourth-order valence-electron chi connectivity index (χ4n) is 1.17. The summed E-state index contributed by atoms with van der Waals surface area (Å²) in [6.45, 7) is 0.0688. The molecule has 0 saturated carbocycles. The smallest absolute Gasteiger partial charge is 0.360 e.